The number of piperidine rings is 1. The van der Waals surface area contributed by atoms with Crippen LogP contribution in [-0.2, 0) is 4.79 Å². The van der Waals surface area contributed by atoms with E-state index in [0.717, 1.165) is 37.8 Å². The fourth-order valence-electron chi connectivity index (χ4n) is 4.73. The highest BCUT2D eigenvalue weighted by Gasteiger charge is 2.35. The van der Waals surface area contributed by atoms with E-state index in [1.807, 2.05) is 15.5 Å². The van der Waals surface area contributed by atoms with Gasteiger partial charge in [-0.2, -0.15) is 4.98 Å². The number of imidazole rings is 1. The Morgan fingerprint density at radius 2 is 1.89 bits per heavy atom. The normalized spacial score (nSPS) is 17.9. The van der Waals surface area contributed by atoms with Gasteiger partial charge in [-0.1, -0.05) is 23.2 Å². The second kappa shape index (κ2) is 9.26. The average Bonchev–Trinajstić information content (AvgIpc) is 3.66. The molecule has 4 aromatic rings. The third-order valence-corrected chi connectivity index (χ3v) is 7.42. The monoisotopic (exact) mass is 522 g/mol. The summed E-state index contributed by atoms with van der Waals surface area (Å²) in [6, 6.07) is 12.2. The van der Waals surface area contributed by atoms with Crippen molar-refractivity contribution >= 4 is 46.1 Å². The van der Waals surface area contributed by atoms with E-state index in [2.05, 4.69) is 10.3 Å². The Morgan fingerprint density at radius 3 is 2.69 bits per heavy atom. The largest absolute Gasteiger partial charge is 0.508 e. The van der Waals surface area contributed by atoms with Crippen molar-refractivity contribution in [2.24, 2.45) is 5.92 Å². The van der Waals surface area contributed by atoms with Crippen LogP contribution in [0.1, 0.15) is 25.7 Å². The van der Waals surface area contributed by atoms with Gasteiger partial charge < -0.3 is 15.3 Å². The molecule has 2 aliphatic rings. The number of carbonyl (C=O) groups is 1. The summed E-state index contributed by atoms with van der Waals surface area (Å²) in [5.41, 5.74) is 2.15. The van der Waals surface area contributed by atoms with Crippen LogP contribution in [0.2, 0.25) is 10.0 Å². The molecule has 1 amide bonds. The predicted octanol–water partition coefficient (Wildman–Crippen LogP) is 5.31. The van der Waals surface area contributed by atoms with Crippen molar-refractivity contribution in [3.63, 3.8) is 0 Å². The maximum atomic E-state index is 12.6. The van der Waals surface area contributed by atoms with Gasteiger partial charge in [0.05, 0.1) is 21.1 Å². The Bertz CT molecular complexity index is 1470. The van der Waals surface area contributed by atoms with Crippen LogP contribution in [0.3, 0.4) is 0 Å². The minimum Gasteiger partial charge on any atom is -0.508 e. The quantitative estimate of drug-likeness (QED) is 0.368. The number of rotatable bonds is 5. The molecule has 184 valence electrons. The number of nitrogens with one attached hydrogen (secondary N) is 1. The highest BCUT2D eigenvalue weighted by molar-refractivity contribution is 6.42. The number of anilines is 1. The molecule has 0 bridgehead atoms. The molecule has 2 fully saturated rings. The summed E-state index contributed by atoms with van der Waals surface area (Å²) in [6.45, 7) is 1.46. The van der Waals surface area contributed by atoms with Crippen molar-refractivity contribution in [3.8, 4) is 23.0 Å². The summed E-state index contributed by atoms with van der Waals surface area (Å²) in [5.74, 6) is 2.28. The van der Waals surface area contributed by atoms with E-state index in [4.69, 9.17) is 33.2 Å². The van der Waals surface area contributed by atoms with E-state index in [0.29, 0.717) is 45.2 Å². The van der Waals surface area contributed by atoms with Gasteiger partial charge in [0.15, 0.2) is 0 Å². The number of nitrogens with zero attached hydrogens (tertiary/aromatic N) is 5. The topological polar surface area (TPSA) is 96.2 Å². The zero-order valence-corrected chi connectivity index (χ0v) is 20.9. The van der Waals surface area contributed by atoms with Crippen LogP contribution in [0.15, 0.2) is 48.7 Å². The molecule has 10 heteroatoms. The first-order chi connectivity index (χ1) is 17.5. The Balaban J connectivity index is 1.35. The predicted molar refractivity (Wildman–Crippen MR) is 140 cm³/mol. The second-order valence-corrected chi connectivity index (χ2v) is 10.2. The van der Waals surface area contributed by atoms with Gasteiger partial charge in [0.25, 0.3) is 0 Å². The number of aromatic hydroxyl groups is 1. The van der Waals surface area contributed by atoms with E-state index >= 15 is 0 Å². The molecule has 36 heavy (non-hydrogen) atoms. The Hall–Kier alpha value is -3.36. The van der Waals surface area contributed by atoms with E-state index in [-0.39, 0.29) is 23.6 Å². The van der Waals surface area contributed by atoms with Gasteiger partial charge in [0, 0.05) is 42.9 Å². The molecule has 2 aromatic carbocycles. The molecule has 1 unspecified atom stereocenters. The van der Waals surface area contributed by atoms with E-state index < -0.39 is 0 Å². The fraction of sp³-hybridized carbons (Fsp3) is 0.308. The van der Waals surface area contributed by atoms with Gasteiger partial charge in [-0.05, 0) is 62.1 Å². The van der Waals surface area contributed by atoms with Crippen LogP contribution in [0, 0.1) is 5.92 Å². The Kier molecular flexibility index (Phi) is 5.93. The van der Waals surface area contributed by atoms with Crippen LogP contribution in [0.25, 0.3) is 28.2 Å². The summed E-state index contributed by atoms with van der Waals surface area (Å²) >= 11 is 12.4. The van der Waals surface area contributed by atoms with Crippen LogP contribution in [0.4, 0.5) is 5.95 Å². The highest BCUT2D eigenvalue weighted by atomic mass is 35.5. The lowest BCUT2D eigenvalue weighted by atomic mass is 10.1. The number of halogens is 2. The molecule has 2 N–H and O–H groups in total. The zero-order valence-electron chi connectivity index (χ0n) is 19.4. The maximum absolute atomic E-state index is 12.6. The van der Waals surface area contributed by atoms with Gasteiger partial charge in [-0.3, -0.25) is 9.36 Å². The number of fused-ring (bicyclic) bond motifs is 1. The van der Waals surface area contributed by atoms with Crippen molar-refractivity contribution in [3.05, 3.63) is 58.7 Å². The fourth-order valence-corrected chi connectivity index (χ4v) is 5.03. The first-order valence-electron chi connectivity index (χ1n) is 12.0. The van der Waals surface area contributed by atoms with Gasteiger partial charge in [0.2, 0.25) is 11.9 Å². The third kappa shape index (κ3) is 4.47. The zero-order chi connectivity index (χ0) is 24.8. The Labute approximate surface area is 217 Å². The van der Waals surface area contributed by atoms with E-state index in [1.165, 1.54) is 0 Å². The number of phenolic OH excluding ortho intramolecular Hbond substituents is 1. The van der Waals surface area contributed by atoms with Crippen LogP contribution in [0.5, 0.6) is 5.75 Å². The number of amides is 1. The lowest BCUT2D eigenvalue weighted by Crippen LogP contribution is -2.45. The molecule has 3 heterocycles. The smallest absolute Gasteiger partial charge is 0.225 e. The number of aromatic nitrogens is 4. The molecule has 1 aliphatic heterocycles. The van der Waals surface area contributed by atoms with E-state index in [1.54, 1.807) is 42.6 Å². The van der Waals surface area contributed by atoms with Gasteiger partial charge in [0.1, 0.15) is 17.4 Å². The maximum Gasteiger partial charge on any atom is 0.225 e. The number of hydrogen-bond donors (Lipinski definition) is 2. The lowest BCUT2D eigenvalue weighted by Gasteiger charge is -2.33. The number of likely N-dealkylation sites (tertiary alicyclic amines) is 1. The van der Waals surface area contributed by atoms with E-state index in [9.17, 15) is 9.90 Å². The van der Waals surface area contributed by atoms with Crippen molar-refractivity contribution in [2.45, 2.75) is 31.7 Å². The molecular weight excluding hydrogens is 499 g/mol. The molecule has 2 aromatic heterocycles. The number of phenols is 1. The third-order valence-electron chi connectivity index (χ3n) is 6.68. The number of carbonyl (C=O) groups excluding carboxylic acids is 1. The molecule has 1 atom stereocenters. The Morgan fingerprint density at radius 1 is 1.03 bits per heavy atom. The summed E-state index contributed by atoms with van der Waals surface area (Å²) in [5, 5.41) is 14.5. The summed E-state index contributed by atoms with van der Waals surface area (Å²) in [6.07, 6.45) is 5.59. The SMILES string of the molecule is O=C(C1CC1)N1CCCC(Nc2nccc(-n3c(-c4ccc(Cl)c(Cl)c4)nc4ccc(O)cc43)n2)C1. The van der Waals surface area contributed by atoms with Gasteiger partial charge >= 0.3 is 0 Å². The molecule has 6 rings (SSSR count). The van der Waals surface area contributed by atoms with Crippen LogP contribution in [-0.4, -0.2) is 54.6 Å². The summed E-state index contributed by atoms with van der Waals surface area (Å²) in [7, 11) is 0. The number of hydrogen-bond acceptors (Lipinski definition) is 6. The van der Waals surface area contributed by atoms with Crippen molar-refractivity contribution in [2.75, 3.05) is 18.4 Å². The van der Waals surface area contributed by atoms with Crippen molar-refractivity contribution < 1.29 is 9.90 Å². The second-order valence-electron chi connectivity index (χ2n) is 9.35. The van der Waals surface area contributed by atoms with Gasteiger partial charge in [-0.15, -0.1) is 0 Å². The molecule has 8 nitrogen and oxygen atoms in total. The standard InChI is InChI=1S/C26H24Cl2N6O2/c27-19-7-5-16(12-20(19)28)24-31-21-8-6-18(35)13-22(21)34(24)23-9-10-29-26(32-23)30-17-2-1-11-33(14-17)25(36)15-3-4-15/h5-10,12-13,15,17,35H,1-4,11,14H2,(H,29,30,32). The molecule has 1 aliphatic carbocycles. The highest BCUT2D eigenvalue weighted by Crippen LogP contribution is 2.34. The lowest BCUT2D eigenvalue weighted by molar-refractivity contribution is -0.133. The molecular formula is C26H24Cl2N6O2. The average molecular weight is 523 g/mol. The molecule has 0 radical (unpaired) electrons. The summed E-state index contributed by atoms with van der Waals surface area (Å²) in [4.78, 5) is 28.5. The first-order valence-corrected chi connectivity index (χ1v) is 12.8. The minimum atomic E-state index is 0.0785. The van der Waals surface area contributed by atoms with Crippen LogP contribution >= 0.6 is 23.2 Å². The molecule has 0 spiro atoms. The van der Waals surface area contributed by atoms with Crippen LogP contribution < -0.4 is 5.32 Å². The first kappa shape index (κ1) is 23.1. The molecule has 1 saturated heterocycles. The minimum absolute atomic E-state index is 0.0785. The summed E-state index contributed by atoms with van der Waals surface area (Å²) < 4.78 is 1.87. The molecule has 1 saturated carbocycles. The number of benzene rings is 2. The van der Waals surface area contributed by atoms with Crippen molar-refractivity contribution in [1.82, 2.24) is 24.4 Å². The van der Waals surface area contributed by atoms with Gasteiger partial charge in [-0.25, -0.2) is 9.97 Å². The van der Waals surface area contributed by atoms with Crippen molar-refractivity contribution in [1.29, 1.82) is 0 Å².